The van der Waals surface area contributed by atoms with Crippen molar-refractivity contribution in [2.24, 2.45) is 0 Å². The second-order valence-electron chi connectivity index (χ2n) is 5.33. The minimum absolute atomic E-state index is 0.0112. The van der Waals surface area contributed by atoms with Crippen molar-refractivity contribution in [1.82, 2.24) is 9.80 Å². The topological polar surface area (TPSA) is 70.2 Å². The molecule has 1 aromatic rings. The van der Waals surface area contributed by atoms with Crippen molar-refractivity contribution in [3.63, 3.8) is 0 Å². The third-order valence-electron chi connectivity index (χ3n) is 3.87. The third kappa shape index (κ3) is 4.21. The van der Waals surface area contributed by atoms with Gasteiger partial charge in [-0.3, -0.25) is 14.4 Å². The molecule has 1 saturated heterocycles. The molecule has 0 saturated carbocycles. The first-order chi connectivity index (χ1) is 11.0. The Morgan fingerprint density at radius 2 is 1.78 bits per heavy atom. The van der Waals surface area contributed by atoms with Crippen LogP contribution in [0.5, 0.6) is 5.75 Å². The van der Waals surface area contributed by atoms with Gasteiger partial charge in [-0.05, 0) is 24.3 Å². The number of hydrogen-bond acceptors (Lipinski definition) is 4. The molecule has 3 amide bonds. The third-order valence-corrected chi connectivity index (χ3v) is 3.87. The van der Waals surface area contributed by atoms with Gasteiger partial charge in [0.1, 0.15) is 12.3 Å². The average molecular weight is 319 g/mol. The molecular formula is C16H21N3O4. The number of methoxy groups -OCH3 is 1. The number of benzene rings is 1. The number of nitrogens with zero attached hydrogens (tertiary/aromatic N) is 3. The minimum atomic E-state index is -0.199. The van der Waals surface area contributed by atoms with Crippen LogP contribution in [0, 0.1) is 0 Å². The molecule has 0 spiro atoms. The molecule has 2 rings (SSSR count). The number of carbonyl (C=O) groups is 3. The molecule has 1 fully saturated rings. The standard InChI is InChI=1S/C16H21N3O4/c1-13(21)19(14-3-5-15(23-2)6-4-14)11-16(22)18-9-7-17(12-20)8-10-18/h3-6,12H,7-11H2,1-2H3. The van der Waals surface area contributed by atoms with Crippen LogP contribution in [0.2, 0.25) is 0 Å². The van der Waals surface area contributed by atoms with Gasteiger partial charge in [-0.2, -0.15) is 0 Å². The van der Waals surface area contributed by atoms with E-state index >= 15 is 0 Å². The van der Waals surface area contributed by atoms with Crippen molar-refractivity contribution in [1.29, 1.82) is 0 Å². The van der Waals surface area contributed by atoms with Crippen molar-refractivity contribution in [3.05, 3.63) is 24.3 Å². The average Bonchev–Trinajstić information content (AvgIpc) is 2.59. The molecule has 1 heterocycles. The Morgan fingerprint density at radius 1 is 1.17 bits per heavy atom. The van der Waals surface area contributed by atoms with Gasteiger partial charge in [-0.1, -0.05) is 0 Å². The molecule has 0 aliphatic carbocycles. The minimum Gasteiger partial charge on any atom is -0.497 e. The number of piperazine rings is 1. The van der Waals surface area contributed by atoms with Crippen molar-refractivity contribution in [2.75, 3.05) is 44.7 Å². The Kier molecular flexibility index (Phi) is 5.56. The van der Waals surface area contributed by atoms with Crippen LogP contribution >= 0.6 is 0 Å². The fourth-order valence-corrected chi connectivity index (χ4v) is 2.46. The zero-order valence-electron chi connectivity index (χ0n) is 13.4. The predicted molar refractivity (Wildman–Crippen MR) is 85.2 cm³/mol. The summed E-state index contributed by atoms with van der Waals surface area (Å²) < 4.78 is 5.09. The first-order valence-electron chi connectivity index (χ1n) is 7.44. The number of hydrogen-bond donors (Lipinski definition) is 0. The van der Waals surface area contributed by atoms with Crippen LogP contribution < -0.4 is 9.64 Å². The largest absolute Gasteiger partial charge is 0.497 e. The zero-order valence-corrected chi connectivity index (χ0v) is 13.4. The molecule has 0 atom stereocenters. The monoisotopic (exact) mass is 319 g/mol. The lowest BCUT2D eigenvalue weighted by atomic mass is 10.2. The van der Waals surface area contributed by atoms with Gasteiger partial charge in [0.15, 0.2) is 0 Å². The highest BCUT2D eigenvalue weighted by atomic mass is 16.5. The molecule has 1 aromatic carbocycles. The zero-order chi connectivity index (χ0) is 16.8. The number of ether oxygens (including phenoxy) is 1. The fourth-order valence-electron chi connectivity index (χ4n) is 2.46. The van der Waals surface area contributed by atoms with E-state index in [-0.39, 0.29) is 18.4 Å². The number of carbonyl (C=O) groups excluding carboxylic acids is 3. The summed E-state index contributed by atoms with van der Waals surface area (Å²) in [5.74, 6) is 0.366. The normalized spacial score (nSPS) is 14.3. The molecule has 7 heteroatoms. The van der Waals surface area contributed by atoms with Gasteiger partial charge in [-0.25, -0.2) is 0 Å². The summed E-state index contributed by atoms with van der Waals surface area (Å²) in [6.07, 6.45) is 0.793. The molecule has 0 aromatic heterocycles. The molecule has 7 nitrogen and oxygen atoms in total. The van der Waals surface area contributed by atoms with Gasteiger partial charge in [-0.15, -0.1) is 0 Å². The molecule has 0 radical (unpaired) electrons. The van der Waals surface area contributed by atoms with Crippen LogP contribution in [-0.2, 0) is 14.4 Å². The van der Waals surface area contributed by atoms with E-state index in [0.717, 1.165) is 6.41 Å². The molecule has 23 heavy (non-hydrogen) atoms. The van der Waals surface area contributed by atoms with E-state index in [2.05, 4.69) is 0 Å². The molecule has 1 aliphatic heterocycles. The van der Waals surface area contributed by atoms with Crippen LogP contribution in [0.15, 0.2) is 24.3 Å². The van der Waals surface area contributed by atoms with Crippen LogP contribution in [-0.4, -0.2) is 67.9 Å². The van der Waals surface area contributed by atoms with Gasteiger partial charge < -0.3 is 19.4 Å². The molecule has 0 N–H and O–H groups in total. The molecule has 124 valence electrons. The van der Waals surface area contributed by atoms with Crippen molar-refractivity contribution in [2.45, 2.75) is 6.92 Å². The van der Waals surface area contributed by atoms with Gasteiger partial charge >= 0.3 is 0 Å². The second kappa shape index (κ2) is 7.62. The molecule has 0 unspecified atom stereocenters. The summed E-state index contributed by atoms with van der Waals surface area (Å²) in [7, 11) is 1.57. The van der Waals surface area contributed by atoms with E-state index in [1.165, 1.54) is 11.8 Å². The Bertz CT molecular complexity index is 565. The molecule has 1 aliphatic rings. The van der Waals surface area contributed by atoms with E-state index in [1.807, 2.05) is 0 Å². The van der Waals surface area contributed by atoms with Gasteiger partial charge in [0.2, 0.25) is 18.2 Å². The van der Waals surface area contributed by atoms with E-state index in [4.69, 9.17) is 4.74 Å². The lowest BCUT2D eigenvalue weighted by Crippen LogP contribution is -2.51. The van der Waals surface area contributed by atoms with Gasteiger partial charge in [0, 0.05) is 38.8 Å². The van der Waals surface area contributed by atoms with Crippen LogP contribution in [0.1, 0.15) is 6.92 Å². The van der Waals surface area contributed by atoms with Crippen LogP contribution in [0.4, 0.5) is 5.69 Å². The Morgan fingerprint density at radius 3 is 2.26 bits per heavy atom. The van der Waals surface area contributed by atoms with Crippen LogP contribution in [0.3, 0.4) is 0 Å². The van der Waals surface area contributed by atoms with Gasteiger partial charge in [0.05, 0.1) is 7.11 Å². The summed E-state index contributed by atoms with van der Waals surface area (Å²) in [6, 6.07) is 6.99. The van der Waals surface area contributed by atoms with E-state index in [0.29, 0.717) is 37.6 Å². The maximum Gasteiger partial charge on any atom is 0.242 e. The lowest BCUT2D eigenvalue weighted by Gasteiger charge is -2.34. The maximum atomic E-state index is 12.4. The fraction of sp³-hybridized carbons (Fsp3) is 0.438. The highest BCUT2D eigenvalue weighted by Crippen LogP contribution is 2.19. The lowest BCUT2D eigenvalue weighted by molar-refractivity contribution is -0.134. The summed E-state index contributed by atoms with van der Waals surface area (Å²) in [6.45, 7) is 3.46. The SMILES string of the molecule is COc1ccc(N(CC(=O)N2CCN(C=O)CC2)C(C)=O)cc1. The Hall–Kier alpha value is -2.57. The number of rotatable bonds is 5. The van der Waals surface area contributed by atoms with Crippen molar-refractivity contribution < 1.29 is 19.1 Å². The van der Waals surface area contributed by atoms with E-state index in [1.54, 1.807) is 41.2 Å². The second-order valence-corrected chi connectivity index (χ2v) is 5.33. The highest BCUT2D eigenvalue weighted by Gasteiger charge is 2.23. The van der Waals surface area contributed by atoms with E-state index in [9.17, 15) is 14.4 Å². The smallest absolute Gasteiger partial charge is 0.242 e. The van der Waals surface area contributed by atoms with Gasteiger partial charge in [0.25, 0.3) is 0 Å². The maximum absolute atomic E-state index is 12.4. The molecule has 0 bridgehead atoms. The van der Waals surface area contributed by atoms with Crippen molar-refractivity contribution >= 4 is 23.9 Å². The molecular weight excluding hydrogens is 298 g/mol. The first kappa shape index (κ1) is 16.8. The number of amides is 3. The quantitative estimate of drug-likeness (QED) is 0.734. The van der Waals surface area contributed by atoms with E-state index < -0.39 is 0 Å². The van der Waals surface area contributed by atoms with Crippen molar-refractivity contribution in [3.8, 4) is 5.75 Å². The Labute approximate surface area is 135 Å². The van der Waals surface area contributed by atoms with Crippen LogP contribution in [0.25, 0.3) is 0 Å². The Balaban J connectivity index is 2.02. The predicted octanol–water partition coefficient (Wildman–Crippen LogP) is 0.349. The first-order valence-corrected chi connectivity index (χ1v) is 7.44. The highest BCUT2D eigenvalue weighted by molar-refractivity contribution is 5.97. The summed E-state index contributed by atoms with van der Waals surface area (Å²) in [4.78, 5) is 39.7. The number of anilines is 1. The summed E-state index contributed by atoms with van der Waals surface area (Å²) in [5.41, 5.74) is 0.651. The summed E-state index contributed by atoms with van der Waals surface area (Å²) in [5, 5.41) is 0. The summed E-state index contributed by atoms with van der Waals surface area (Å²) >= 11 is 0.